The molecule has 2 aromatic carbocycles. The lowest BCUT2D eigenvalue weighted by Gasteiger charge is -2.21. The fourth-order valence-corrected chi connectivity index (χ4v) is 2.73. The summed E-state index contributed by atoms with van der Waals surface area (Å²) >= 11 is 0. The molecule has 1 N–H and O–H groups in total. The molecule has 1 amide bonds. The van der Waals surface area contributed by atoms with Gasteiger partial charge in [-0.25, -0.2) is 4.79 Å². The van der Waals surface area contributed by atoms with Crippen LogP contribution in [0.2, 0.25) is 0 Å². The lowest BCUT2D eigenvalue weighted by molar-refractivity contribution is 0.102. The smallest absolute Gasteiger partial charge is 0.410 e. The second-order valence-corrected chi connectivity index (χ2v) is 6.19. The van der Waals surface area contributed by atoms with Crippen LogP contribution >= 0.6 is 8.03 Å². The Kier molecular flexibility index (Phi) is 6.85. The SMILES string of the molecule is O=C(OCc1ccccc1)N(CCc1ccccc1)C[PH](=O)O. The molecule has 1 unspecified atom stereocenters. The zero-order chi connectivity index (χ0) is 16.5. The van der Waals surface area contributed by atoms with Gasteiger partial charge in [0.25, 0.3) is 0 Å². The molecule has 0 aliphatic rings. The van der Waals surface area contributed by atoms with Crippen LogP contribution in [0.15, 0.2) is 60.7 Å². The third kappa shape index (κ3) is 6.27. The van der Waals surface area contributed by atoms with E-state index >= 15 is 0 Å². The highest BCUT2D eigenvalue weighted by Gasteiger charge is 2.17. The molecule has 0 aromatic heterocycles. The van der Waals surface area contributed by atoms with Crippen molar-refractivity contribution in [2.45, 2.75) is 13.0 Å². The molecule has 1 atom stereocenters. The summed E-state index contributed by atoms with van der Waals surface area (Å²) in [7, 11) is -2.79. The van der Waals surface area contributed by atoms with Crippen molar-refractivity contribution in [1.82, 2.24) is 4.90 Å². The van der Waals surface area contributed by atoms with Gasteiger partial charge >= 0.3 is 6.09 Å². The molecule has 0 spiro atoms. The Labute approximate surface area is 136 Å². The number of carbonyl (C=O) groups excluding carboxylic acids is 1. The number of nitrogens with zero attached hydrogens (tertiary/aromatic N) is 1. The van der Waals surface area contributed by atoms with Crippen molar-refractivity contribution in [3.8, 4) is 0 Å². The lowest BCUT2D eigenvalue weighted by Crippen LogP contribution is -2.33. The van der Waals surface area contributed by atoms with E-state index in [1.165, 1.54) is 4.90 Å². The van der Waals surface area contributed by atoms with Crippen molar-refractivity contribution in [2.75, 3.05) is 12.8 Å². The normalized spacial score (nSPS) is 11.7. The van der Waals surface area contributed by atoms with E-state index in [1.54, 1.807) is 0 Å². The number of hydrogen-bond acceptors (Lipinski definition) is 3. The third-order valence-corrected chi connectivity index (χ3v) is 3.95. The van der Waals surface area contributed by atoms with Gasteiger partial charge in [0.15, 0.2) is 0 Å². The van der Waals surface area contributed by atoms with Crippen LogP contribution in [0, 0.1) is 0 Å². The maximum Gasteiger partial charge on any atom is 0.410 e. The fourth-order valence-electron chi connectivity index (χ4n) is 2.12. The van der Waals surface area contributed by atoms with Crippen LogP contribution in [0.4, 0.5) is 4.79 Å². The van der Waals surface area contributed by atoms with Gasteiger partial charge in [-0.1, -0.05) is 60.7 Å². The highest BCUT2D eigenvalue weighted by atomic mass is 31.1. The summed E-state index contributed by atoms with van der Waals surface area (Å²) in [5.41, 5.74) is 1.94. The van der Waals surface area contributed by atoms with Crippen molar-refractivity contribution in [3.63, 3.8) is 0 Å². The summed E-state index contributed by atoms with van der Waals surface area (Å²) in [4.78, 5) is 22.6. The minimum absolute atomic E-state index is 0.147. The Bertz CT molecular complexity index is 634. The molecule has 5 nitrogen and oxygen atoms in total. The van der Waals surface area contributed by atoms with Gasteiger partial charge in [-0.15, -0.1) is 0 Å². The molecule has 23 heavy (non-hydrogen) atoms. The van der Waals surface area contributed by atoms with Gasteiger partial charge in [0.05, 0.1) is 6.29 Å². The predicted octanol–water partition coefficient (Wildman–Crippen LogP) is 3.29. The minimum atomic E-state index is -2.79. The molecule has 0 saturated carbocycles. The van der Waals surface area contributed by atoms with Crippen molar-refractivity contribution < 1.29 is 19.0 Å². The maximum absolute atomic E-state index is 12.1. The van der Waals surface area contributed by atoms with E-state index in [-0.39, 0.29) is 12.9 Å². The molecular formula is C17H20NO4P. The predicted molar refractivity (Wildman–Crippen MR) is 89.6 cm³/mol. The van der Waals surface area contributed by atoms with Gasteiger partial charge in [0, 0.05) is 6.54 Å². The summed E-state index contributed by atoms with van der Waals surface area (Å²) in [5, 5.41) is 0. The van der Waals surface area contributed by atoms with Crippen molar-refractivity contribution in [2.24, 2.45) is 0 Å². The van der Waals surface area contributed by atoms with Gasteiger partial charge in [-0.2, -0.15) is 0 Å². The Morgan fingerprint density at radius 2 is 1.57 bits per heavy atom. The van der Waals surface area contributed by atoms with E-state index in [4.69, 9.17) is 9.63 Å². The molecule has 122 valence electrons. The van der Waals surface area contributed by atoms with Crippen molar-refractivity contribution in [1.29, 1.82) is 0 Å². The lowest BCUT2D eigenvalue weighted by atomic mass is 10.1. The summed E-state index contributed by atoms with van der Waals surface area (Å²) in [5.74, 6) is 0. The van der Waals surface area contributed by atoms with Crippen molar-refractivity contribution in [3.05, 3.63) is 71.8 Å². The largest absolute Gasteiger partial charge is 0.445 e. The van der Waals surface area contributed by atoms with Crippen LogP contribution in [-0.2, 0) is 22.3 Å². The number of ether oxygens (including phenoxy) is 1. The molecule has 0 aliphatic heterocycles. The van der Waals surface area contributed by atoms with E-state index < -0.39 is 14.1 Å². The average Bonchev–Trinajstić information content (AvgIpc) is 2.58. The van der Waals surface area contributed by atoms with Gasteiger partial charge < -0.3 is 9.63 Å². The standard InChI is InChI=1S/C17H20NO4P/c19-17(22-13-16-9-5-2-6-10-16)18(14-23(20)21)12-11-15-7-3-1-4-8-15/h1-10,23H,11-14H2,(H,20,21). The second-order valence-electron chi connectivity index (χ2n) is 5.09. The fraction of sp³-hybridized carbons (Fsp3) is 0.235. The van der Waals surface area contributed by atoms with E-state index in [0.717, 1.165) is 11.1 Å². The van der Waals surface area contributed by atoms with Gasteiger partial charge in [0.1, 0.15) is 6.61 Å². The Morgan fingerprint density at radius 3 is 2.13 bits per heavy atom. The Balaban J connectivity index is 1.91. The first-order chi connectivity index (χ1) is 11.1. The number of amides is 1. The van der Waals surface area contributed by atoms with Crippen LogP contribution in [0.25, 0.3) is 0 Å². The highest BCUT2D eigenvalue weighted by molar-refractivity contribution is 7.37. The average molecular weight is 333 g/mol. The molecule has 0 fully saturated rings. The van der Waals surface area contributed by atoms with Crippen LogP contribution in [0.3, 0.4) is 0 Å². The van der Waals surface area contributed by atoms with E-state index in [0.29, 0.717) is 13.0 Å². The van der Waals surface area contributed by atoms with Crippen LogP contribution in [0.1, 0.15) is 11.1 Å². The number of benzene rings is 2. The topological polar surface area (TPSA) is 66.8 Å². The first kappa shape index (κ1) is 17.3. The zero-order valence-corrected chi connectivity index (χ0v) is 13.7. The van der Waals surface area contributed by atoms with Gasteiger partial charge in [0.2, 0.25) is 8.03 Å². The molecular weight excluding hydrogens is 313 g/mol. The molecule has 0 heterocycles. The molecule has 2 rings (SSSR count). The maximum atomic E-state index is 12.1. The molecule has 6 heteroatoms. The van der Waals surface area contributed by atoms with Gasteiger partial charge in [-0.3, -0.25) is 9.46 Å². The highest BCUT2D eigenvalue weighted by Crippen LogP contribution is 2.17. The summed E-state index contributed by atoms with van der Waals surface area (Å²) < 4.78 is 16.4. The molecule has 0 radical (unpaired) electrons. The van der Waals surface area contributed by atoms with Crippen LogP contribution in [0.5, 0.6) is 0 Å². The van der Waals surface area contributed by atoms with E-state index in [9.17, 15) is 9.36 Å². The number of hydrogen-bond donors (Lipinski definition) is 1. The second kappa shape index (κ2) is 9.13. The minimum Gasteiger partial charge on any atom is -0.445 e. The van der Waals surface area contributed by atoms with Crippen LogP contribution in [-0.4, -0.2) is 28.7 Å². The summed E-state index contributed by atoms with van der Waals surface area (Å²) in [6, 6.07) is 19.0. The first-order valence-electron chi connectivity index (χ1n) is 7.36. The van der Waals surface area contributed by atoms with E-state index in [1.807, 2.05) is 60.7 Å². The van der Waals surface area contributed by atoms with Crippen LogP contribution < -0.4 is 0 Å². The Morgan fingerprint density at radius 1 is 1.00 bits per heavy atom. The van der Waals surface area contributed by atoms with Crippen molar-refractivity contribution >= 4 is 14.1 Å². The zero-order valence-electron chi connectivity index (χ0n) is 12.7. The quantitative estimate of drug-likeness (QED) is 0.790. The number of carbonyl (C=O) groups is 1. The monoisotopic (exact) mass is 333 g/mol. The van der Waals surface area contributed by atoms with E-state index in [2.05, 4.69) is 0 Å². The molecule has 0 saturated heterocycles. The molecule has 0 bridgehead atoms. The summed E-state index contributed by atoms with van der Waals surface area (Å²) in [6.45, 7) is 0.489. The third-order valence-electron chi connectivity index (χ3n) is 3.30. The van der Waals surface area contributed by atoms with Gasteiger partial charge in [-0.05, 0) is 17.5 Å². The molecule has 2 aromatic rings. The molecule has 0 aliphatic carbocycles. The summed E-state index contributed by atoms with van der Waals surface area (Å²) in [6.07, 6.45) is -0.154. The Hall–Kier alpha value is -2.10. The number of rotatable bonds is 7. The first-order valence-corrected chi connectivity index (χ1v) is 8.93.